The lowest BCUT2D eigenvalue weighted by Crippen LogP contribution is -2.37. The van der Waals surface area contributed by atoms with Crippen LogP contribution in [-0.2, 0) is 6.54 Å². The lowest BCUT2D eigenvalue weighted by atomic mass is 10.2. The highest BCUT2D eigenvalue weighted by molar-refractivity contribution is 6.31. The van der Waals surface area contributed by atoms with Crippen molar-refractivity contribution in [3.8, 4) is 5.75 Å². The number of aromatic nitrogens is 2. The van der Waals surface area contributed by atoms with Crippen molar-refractivity contribution >= 4 is 35.1 Å². The van der Waals surface area contributed by atoms with Crippen molar-refractivity contribution in [1.29, 1.82) is 0 Å². The molecular weight excluding hydrogens is 378 g/mol. The van der Waals surface area contributed by atoms with Gasteiger partial charge in [0.15, 0.2) is 0 Å². The van der Waals surface area contributed by atoms with Gasteiger partial charge in [0.05, 0.1) is 12.8 Å². The van der Waals surface area contributed by atoms with Gasteiger partial charge >= 0.3 is 6.03 Å². The lowest BCUT2D eigenvalue weighted by molar-refractivity contribution is 0.248. The van der Waals surface area contributed by atoms with Crippen LogP contribution in [0.5, 0.6) is 5.75 Å². The van der Waals surface area contributed by atoms with Crippen LogP contribution in [-0.4, -0.2) is 30.2 Å². The van der Waals surface area contributed by atoms with E-state index >= 15 is 0 Å². The Morgan fingerprint density at radius 2 is 1.89 bits per heavy atom. The van der Waals surface area contributed by atoms with E-state index in [9.17, 15) is 4.79 Å². The van der Waals surface area contributed by atoms with Gasteiger partial charge in [-0.25, -0.2) is 14.7 Å². The number of hydrogen-bond acceptors (Lipinski definition) is 5. The Morgan fingerprint density at radius 3 is 2.57 bits per heavy atom. The summed E-state index contributed by atoms with van der Waals surface area (Å²) in [6.07, 6.45) is 1.59. The molecule has 3 aromatic rings. The molecule has 0 aliphatic rings. The largest absolute Gasteiger partial charge is 0.497 e. The van der Waals surface area contributed by atoms with Crippen LogP contribution >= 0.6 is 11.6 Å². The maximum atomic E-state index is 13.0. The summed E-state index contributed by atoms with van der Waals surface area (Å²) in [5.74, 6) is 1.54. The molecule has 0 aliphatic heterocycles. The van der Waals surface area contributed by atoms with Crippen LogP contribution < -0.4 is 20.3 Å². The summed E-state index contributed by atoms with van der Waals surface area (Å²) >= 11 is 6.19. The number of amides is 2. The summed E-state index contributed by atoms with van der Waals surface area (Å²) < 4.78 is 5.20. The number of carbonyl (C=O) groups is 1. The first-order chi connectivity index (χ1) is 13.6. The van der Waals surface area contributed by atoms with E-state index < -0.39 is 0 Å². The molecule has 1 aromatic heterocycles. The Bertz CT molecular complexity index is 949. The third-order valence-electron chi connectivity index (χ3n) is 4.02. The van der Waals surface area contributed by atoms with Crippen LogP contribution in [0.2, 0.25) is 5.02 Å². The molecule has 0 saturated heterocycles. The van der Waals surface area contributed by atoms with Gasteiger partial charge in [-0.05, 0) is 35.9 Å². The quantitative estimate of drug-likeness (QED) is 0.650. The van der Waals surface area contributed by atoms with E-state index in [0.717, 1.165) is 5.56 Å². The minimum absolute atomic E-state index is 0.287. The van der Waals surface area contributed by atoms with Gasteiger partial charge in [-0.2, -0.15) is 4.98 Å². The third kappa shape index (κ3) is 4.50. The number of methoxy groups -OCH3 is 1. The average molecular weight is 398 g/mol. The number of ether oxygens (including phenoxy) is 1. The average Bonchev–Trinajstić information content (AvgIpc) is 2.74. The third-order valence-corrected chi connectivity index (χ3v) is 4.38. The van der Waals surface area contributed by atoms with Crippen LogP contribution in [0.4, 0.5) is 22.2 Å². The molecule has 0 spiro atoms. The van der Waals surface area contributed by atoms with Gasteiger partial charge in [0.25, 0.3) is 0 Å². The smallest absolute Gasteiger partial charge is 0.327 e. The minimum atomic E-state index is -0.342. The summed E-state index contributed by atoms with van der Waals surface area (Å²) in [5.41, 5.74) is 1.46. The van der Waals surface area contributed by atoms with Crippen molar-refractivity contribution in [2.24, 2.45) is 0 Å². The molecule has 2 aromatic carbocycles. The Morgan fingerprint density at radius 1 is 1.14 bits per heavy atom. The molecule has 1 heterocycles. The molecule has 0 fully saturated rings. The molecule has 28 heavy (non-hydrogen) atoms. The van der Waals surface area contributed by atoms with Gasteiger partial charge < -0.3 is 15.4 Å². The molecule has 0 bridgehead atoms. The van der Waals surface area contributed by atoms with Crippen LogP contribution in [0, 0.1) is 0 Å². The van der Waals surface area contributed by atoms with Crippen molar-refractivity contribution in [2.45, 2.75) is 6.54 Å². The highest BCUT2D eigenvalue weighted by atomic mass is 35.5. The van der Waals surface area contributed by atoms with E-state index in [0.29, 0.717) is 28.2 Å². The van der Waals surface area contributed by atoms with E-state index in [4.69, 9.17) is 16.3 Å². The van der Waals surface area contributed by atoms with Gasteiger partial charge in [-0.1, -0.05) is 29.8 Å². The van der Waals surface area contributed by atoms with E-state index in [1.165, 1.54) is 4.90 Å². The highest BCUT2D eigenvalue weighted by Crippen LogP contribution is 2.26. The highest BCUT2D eigenvalue weighted by Gasteiger charge is 2.20. The predicted molar refractivity (Wildman–Crippen MR) is 110 cm³/mol. The van der Waals surface area contributed by atoms with E-state index in [-0.39, 0.29) is 12.6 Å². The van der Waals surface area contributed by atoms with Crippen LogP contribution in [0.3, 0.4) is 0 Å². The Labute approximate surface area is 168 Å². The fraction of sp³-hybridized carbons (Fsp3) is 0.150. The summed E-state index contributed by atoms with van der Waals surface area (Å²) in [6, 6.07) is 15.8. The first-order valence-electron chi connectivity index (χ1n) is 8.58. The van der Waals surface area contributed by atoms with Crippen LogP contribution in [0.1, 0.15) is 5.56 Å². The zero-order valence-electron chi connectivity index (χ0n) is 15.5. The second-order valence-corrected chi connectivity index (χ2v) is 6.18. The number of carbonyl (C=O) groups excluding carboxylic acids is 1. The van der Waals surface area contributed by atoms with Crippen molar-refractivity contribution in [3.63, 3.8) is 0 Å². The Kier molecular flexibility index (Phi) is 6.29. The molecule has 0 aliphatic carbocycles. The minimum Gasteiger partial charge on any atom is -0.497 e. The number of halogens is 1. The zero-order valence-corrected chi connectivity index (χ0v) is 16.3. The molecule has 144 valence electrons. The van der Waals surface area contributed by atoms with Crippen molar-refractivity contribution in [3.05, 3.63) is 71.4 Å². The first-order valence-corrected chi connectivity index (χ1v) is 8.96. The fourth-order valence-electron chi connectivity index (χ4n) is 2.57. The standard InChI is InChI=1S/C20H20ClN5O2/c1-22-19-23-12-11-18(25-19)26(15-7-9-16(28-2)10-8-15)20(27)24-13-14-5-3-4-6-17(14)21/h3-12H,13H2,1-2H3,(H,24,27)(H,22,23,25). The maximum Gasteiger partial charge on any atom is 0.327 e. The molecule has 2 N–H and O–H groups in total. The molecule has 7 nitrogen and oxygen atoms in total. The van der Waals surface area contributed by atoms with Crippen LogP contribution in [0.15, 0.2) is 60.8 Å². The summed E-state index contributed by atoms with van der Waals surface area (Å²) in [6.45, 7) is 0.287. The van der Waals surface area contributed by atoms with Gasteiger partial charge in [-0.15, -0.1) is 0 Å². The maximum absolute atomic E-state index is 13.0. The van der Waals surface area contributed by atoms with Crippen molar-refractivity contribution in [1.82, 2.24) is 15.3 Å². The van der Waals surface area contributed by atoms with E-state index in [2.05, 4.69) is 20.6 Å². The van der Waals surface area contributed by atoms with Gasteiger partial charge in [0, 0.05) is 30.9 Å². The lowest BCUT2D eigenvalue weighted by Gasteiger charge is -2.23. The second kappa shape index (κ2) is 9.05. The molecule has 2 amide bonds. The predicted octanol–water partition coefficient (Wildman–Crippen LogP) is 4.23. The first kappa shape index (κ1) is 19.4. The van der Waals surface area contributed by atoms with Crippen LogP contribution in [0.25, 0.3) is 0 Å². The van der Waals surface area contributed by atoms with Gasteiger partial charge in [-0.3, -0.25) is 0 Å². The number of rotatable bonds is 6. The molecule has 0 saturated carbocycles. The van der Waals surface area contributed by atoms with E-state index in [1.807, 2.05) is 18.2 Å². The molecule has 0 radical (unpaired) electrons. The van der Waals surface area contributed by atoms with Crippen molar-refractivity contribution in [2.75, 3.05) is 24.4 Å². The van der Waals surface area contributed by atoms with Crippen molar-refractivity contribution < 1.29 is 9.53 Å². The number of urea groups is 1. The number of hydrogen-bond donors (Lipinski definition) is 2. The molecular formula is C20H20ClN5O2. The summed E-state index contributed by atoms with van der Waals surface area (Å²) in [5, 5.41) is 6.37. The Hall–Kier alpha value is -3.32. The Balaban J connectivity index is 1.90. The number of nitrogens with one attached hydrogen (secondary N) is 2. The topological polar surface area (TPSA) is 79.4 Å². The molecule has 8 heteroatoms. The monoisotopic (exact) mass is 397 g/mol. The summed E-state index contributed by atoms with van der Waals surface area (Å²) in [4.78, 5) is 23.0. The van der Waals surface area contributed by atoms with E-state index in [1.54, 1.807) is 56.8 Å². The fourth-order valence-corrected chi connectivity index (χ4v) is 2.77. The van der Waals surface area contributed by atoms with Gasteiger partial charge in [0.1, 0.15) is 11.6 Å². The SMILES string of the molecule is CNc1nccc(N(C(=O)NCc2ccccc2Cl)c2ccc(OC)cc2)n1. The number of benzene rings is 2. The number of anilines is 3. The molecule has 0 atom stereocenters. The second-order valence-electron chi connectivity index (χ2n) is 5.77. The normalized spacial score (nSPS) is 10.2. The molecule has 3 rings (SSSR count). The zero-order chi connectivity index (χ0) is 19.9. The number of nitrogens with zero attached hydrogens (tertiary/aromatic N) is 3. The van der Waals surface area contributed by atoms with Gasteiger partial charge in [0.2, 0.25) is 5.95 Å². The summed E-state index contributed by atoms with van der Waals surface area (Å²) in [7, 11) is 3.31. The molecule has 0 unspecified atom stereocenters.